The first-order valence-corrected chi connectivity index (χ1v) is 16.4. The van der Waals surface area contributed by atoms with Gasteiger partial charge in [0.05, 0.1) is 42.7 Å². The van der Waals surface area contributed by atoms with Crippen LogP contribution in [-0.2, 0) is 28.6 Å². The molecule has 14 heteroatoms. The van der Waals surface area contributed by atoms with Crippen molar-refractivity contribution < 1.29 is 38.2 Å². The Kier molecular flexibility index (Phi) is 12.1. The summed E-state index contributed by atoms with van der Waals surface area (Å²) in [6.45, 7) is 10.1. The smallest absolute Gasteiger partial charge is 0.249 e. The largest absolute Gasteiger partial charge is 0.387 e. The maximum atomic E-state index is 12.6. The Balaban J connectivity index is 1.25. The van der Waals surface area contributed by atoms with E-state index in [1.54, 1.807) is 19.1 Å². The molecule has 45 heavy (non-hydrogen) atoms. The summed E-state index contributed by atoms with van der Waals surface area (Å²) in [7, 11) is 0. The first-order valence-electron chi connectivity index (χ1n) is 15.3. The van der Waals surface area contributed by atoms with Gasteiger partial charge in [-0.3, -0.25) is 25.2 Å². The van der Waals surface area contributed by atoms with Gasteiger partial charge in [0.1, 0.15) is 17.8 Å². The number of rotatable bonds is 11. The number of hydrogen-bond acceptors (Lipinski definition) is 10. The number of amides is 3. The number of hydrogen-bond donors (Lipinski definition) is 4. The molecule has 0 saturated carbocycles. The van der Waals surface area contributed by atoms with Gasteiger partial charge in [-0.05, 0) is 38.7 Å². The standard InChI is InChI=1S/C31H44BrN5O8/c1-17(7-10-25-29(41)31(16-42-31)14-22(44-25)13-27(39)35-36-28(40)15-32)6-9-24-19(3)12-23(20(4)43-24)34-26(38)11-8-18(2)30-33-21(5)45-37-30/h6-8,10-11,18-20,22-25,29,41H,9,12-16H2,1-5H3,(H,34,38)(H,35,39)(H,36,40)/b10-7+,11-8-,17-6+/t18-,19-,20+,22+,23+,24-,25+,29+,31+/m0/s1. The van der Waals surface area contributed by atoms with E-state index in [0.29, 0.717) is 31.2 Å². The van der Waals surface area contributed by atoms with Gasteiger partial charge in [0.15, 0.2) is 5.82 Å². The molecule has 4 rings (SSSR count). The van der Waals surface area contributed by atoms with Gasteiger partial charge in [-0.1, -0.05) is 64.8 Å². The fourth-order valence-corrected chi connectivity index (χ4v) is 5.75. The van der Waals surface area contributed by atoms with Gasteiger partial charge < -0.3 is 29.2 Å². The molecule has 3 fully saturated rings. The van der Waals surface area contributed by atoms with E-state index in [1.807, 2.05) is 26.8 Å². The lowest BCUT2D eigenvalue weighted by Crippen LogP contribution is -2.51. The molecule has 3 aliphatic heterocycles. The number of aliphatic hydroxyl groups excluding tert-OH is 1. The van der Waals surface area contributed by atoms with E-state index in [1.165, 1.54) is 6.08 Å². The molecule has 13 nitrogen and oxygen atoms in total. The van der Waals surface area contributed by atoms with Crippen LogP contribution in [0.4, 0.5) is 0 Å². The highest BCUT2D eigenvalue weighted by molar-refractivity contribution is 9.09. The van der Waals surface area contributed by atoms with E-state index in [2.05, 4.69) is 55.2 Å². The summed E-state index contributed by atoms with van der Waals surface area (Å²) < 4.78 is 23.0. The lowest BCUT2D eigenvalue weighted by atomic mass is 9.87. The van der Waals surface area contributed by atoms with Crippen LogP contribution in [0.2, 0.25) is 0 Å². The highest BCUT2D eigenvalue weighted by atomic mass is 79.9. The summed E-state index contributed by atoms with van der Waals surface area (Å²) in [5, 5.41) is 17.9. The van der Waals surface area contributed by atoms with Crippen LogP contribution in [0, 0.1) is 12.8 Å². The van der Waals surface area contributed by atoms with Crippen LogP contribution in [0.3, 0.4) is 0 Å². The molecule has 4 N–H and O–H groups in total. The molecule has 3 saturated heterocycles. The molecule has 0 aliphatic carbocycles. The molecule has 0 aromatic carbocycles. The molecule has 9 atom stereocenters. The number of carbonyl (C=O) groups excluding carboxylic acids is 3. The van der Waals surface area contributed by atoms with Crippen molar-refractivity contribution in [1.82, 2.24) is 26.3 Å². The molecule has 1 spiro atoms. The van der Waals surface area contributed by atoms with Crippen LogP contribution < -0.4 is 16.2 Å². The Bertz CT molecular complexity index is 1290. The van der Waals surface area contributed by atoms with Crippen LogP contribution in [0.15, 0.2) is 40.5 Å². The van der Waals surface area contributed by atoms with E-state index < -0.39 is 23.9 Å². The van der Waals surface area contributed by atoms with E-state index >= 15 is 0 Å². The van der Waals surface area contributed by atoms with Crippen molar-refractivity contribution in [2.24, 2.45) is 5.92 Å². The molecule has 0 bridgehead atoms. The Morgan fingerprint density at radius 1 is 1.18 bits per heavy atom. The number of ether oxygens (including phenoxy) is 3. The summed E-state index contributed by atoms with van der Waals surface area (Å²) in [5.74, 6) is 0.136. The molecule has 1 aromatic rings. The van der Waals surface area contributed by atoms with Crippen molar-refractivity contribution in [3.8, 4) is 0 Å². The second-order valence-electron chi connectivity index (χ2n) is 12.2. The zero-order valence-corrected chi connectivity index (χ0v) is 27.9. The van der Waals surface area contributed by atoms with Gasteiger partial charge in [-0.15, -0.1) is 0 Å². The molecule has 3 aliphatic rings. The SMILES string of the molecule is CC(/C=C/[C@H]1O[C@H](CC(=O)NNC(=O)CBr)C[C@@]2(CO2)[C@@H]1O)=C\C[C@@H]1O[C@H](C)[C@H](NC(=O)/C=C\[C@H](C)c2noc(C)n2)C[C@@H]1C. The number of hydrazine groups is 1. The number of allylic oxidation sites excluding steroid dienone is 3. The average Bonchev–Trinajstić information content (AvgIpc) is 3.64. The van der Waals surface area contributed by atoms with Crippen molar-refractivity contribution in [2.75, 3.05) is 11.9 Å². The van der Waals surface area contributed by atoms with Crippen molar-refractivity contribution in [3.05, 3.63) is 47.7 Å². The fraction of sp³-hybridized carbons (Fsp3) is 0.645. The lowest BCUT2D eigenvalue weighted by molar-refractivity contribution is -0.146. The van der Waals surface area contributed by atoms with Crippen LogP contribution in [0.5, 0.6) is 0 Å². The van der Waals surface area contributed by atoms with E-state index in [4.69, 9.17) is 18.7 Å². The molecular formula is C31H44BrN5O8. The molecule has 3 amide bonds. The van der Waals surface area contributed by atoms with Gasteiger partial charge in [-0.25, -0.2) is 0 Å². The Hall–Kier alpha value is -2.91. The summed E-state index contributed by atoms with van der Waals surface area (Å²) in [5.41, 5.74) is 4.93. The highest BCUT2D eigenvalue weighted by Crippen LogP contribution is 2.43. The van der Waals surface area contributed by atoms with Crippen LogP contribution in [-0.4, -0.2) is 87.1 Å². The predicted molar refractivity (Wildman–Crippen MR) is 167 cm³/mol. The third kappa shape index (κ3) is 9.79. The van der Waals surface area contributed by atoms with E-state index in [9.17, 15) is 19.5 Å². The van der Waals surface area contributed by atoms with E-state index in [0.717, 1.165) is 12.0 Å². The van der Waals surface area contributed by atoms with Crippen molar-refractivity contribution in [1.29, 1.82) is 0 Å². The Morgan fingerprint density at radius 2 is 1.91 bits per heavy atom. The number of alkyl halides is 1. The topological polar surface area (TPSA) is 177 Å². The fourth-order valence-electron chi connectivity index (χ4n) is 5.61. The zero-order chi connectivity index (χ0) is 32.7. The minimum absolute atomic E-state index is 0.0128. The second kappa shape index (κ2) is 15.6. The van der Waals surface area contributed by atoms with Gasteiger partial charge in [0.2, 0.25) is 23.6 Å². The Labute approximate surface area is 271 Å². The quantitative estimate of drug-likeness (QED) is 0.0885. The first-order chi connectivity index (χ1) is 21.4. The molecular weight excluding hydrogens is 650 g/mol. The first kappa shape index (κ1) is 35.0. The normalized spacial score (nSPS) is 32.5. The number of carbonyl (C=O) groups is 3. The van der Waals surface area contributed by atoms with Crippen molar-refractivity contribution in [2.45, 2.75) is 108 Å². The molecule has 0 radical (unpaired) electrons. The maximum absolute atomic E-state index is 12.6. The monoisotopic (exact) mass is 693 g/mol. The van der Waals surface area contributed by atoms with Gasteiger partial charge in [0.25, 0.3) is 0 Å². The summed E-state index contributed by atoms with van der Waals surface area (Å²) in [6.07, 6.45) is 8.76. The summed E-state index contributed by atoms with van der Waals surface area (Å²) >= 11 is 3.02. The predicted octanol–water partition coefficient (Wildman–Crippen LogP) is 2.45. The number of aliphatic hydroxyl groups is 1. The molecule has 0 unspecified atom stereocenters. The lowest BCUT2D eigenvalue weighted by Gasteiger charge is -2.39. The van der Waals surface area contributed by atoms with Gasteiger partial charge in [-0.2, -0.15) is 4.98 Å². The van der Waals surface area contributed by atoms with Crippen LogP contribution in [0.25, 0.3) is 0 Å². The average molecular weight is 695 g/mol. The van der Waals surface area contributed by atoms with Crippen molar-refractivity contribution >= 4 is 33.7 Å². The van der Waals surface area contributed by atoms with Gasteiger partial charge in [0, 0.05) is 19.3 Å². The number of nitrogens with one attached hydrogen (secondary N) is 3. The van der Waals surface area contributed by atoms with Crippen molar-refractivity contribution in [3.63, 3.8) is 0 Å². The Morgan fingerprint density at radius 3 is 2.58 bits per heavy atom. The van der Waals surface area contributed by atoms with Crippen LogP contribution >= 0.6 is 15.9 Å². The minimum Gasteiger partial charge on any atom is -0.387 e. The van der Waals surface area contributed by atoms with E-state index in [-0.39, 0.29) is 59.6 Å². The number of aryl methyl sites for hydroxylation is 1. The highest BCUT2D eigenvalue weighted by Gasteiger charge is 2.58. The molecule has 1 aromatic heterocycles. The number of aromatic nitrogens is 2. The molecule has 248 valence electrons. The minimum atomic E-state index is -0.857. The van der Waals surface area contributed by atoms with Crippen LogP contribution in [0.1, 0.15) is 71.0 Å². The molecule has 4 heterocycles. The third-order valence-electron chi connectivity index (χ3n) is 8.42. The second-order valence-corrected chi connectivity index (χ2v) is 12.8. The summed E-state index contributed by atoms with van der Waals surface area (Å²) in [4.78, 5) is 40.5. The summed E-state index contributed by atoms with van der Waals surface area (Å²) in [6, 6.07) is -0.112. The third-order valence-corrected chi connectivity index (χ3v) is 8.93. The zero-order valence-electron chi connectivity index (χ0n) is 26.3. The number of halogens is 1. The number of nitrogens with zero attached hydrogens (tertiary/aromatic N) is 2. The van der Waals surface area contributed by atoms with Gasteiger partial charge >= 0.3 is 0 Å². The maximum Gasteiger partial charge on any atom is 0.249 e. The number of epoxide rings is 1.